The van der Waals surface area contributed by atoms with Crippen LogP contribution in [0, 0.1) is 0 Å². The van der Waals surface area contributed by atoms with Crippen molar-refractivity contribution in [2.45, 2.75) is 6.42 Å². The highest BCUT2D eigenvalue weighted by atomic mass is 15.0. The third-order valence-corrected chi connectivity index (χ3v) is 1.05. The highest BCUT2D eigenvalue weighted by Crippen LogP contribution is 1.83. The molecule has 0 atom stereocenters. The van der Waals surface area contributed by atoms with Gasteiger partial charge in [0.25, 0.3) is 0 Å². The highest BCUT2D eigenvalue weighted by Gasteiger charge is 1.83. The number of rotatable bonds is 4. The summed E-state index contributed by atoms with van der Waals surface area (Å²) < 4.78 is 0. The van der Waals surface area contributed by atoms with Gasteiger partial charge in [-0.3, -0.25) is 0 Å². The molecule has 0 fully saturated rings. The second kappa shape index (κ2) is 5.79. The fourth-order valence-corrected chi connectivity index (χ4v) is 0.547. The molecule has 2 N–H and O–H groups in total. The molecule has 0 aromatic heterocycles. The topological polar surface area (TPSA) is 29.3 Å². The van der Waals surface area contributed by atoms with Gasteiger partial charge in [0.05, 0.1) is 0 Å². The highest BCUT2D eigenvalue weighted by molar-refractivity contribution is 4.82. The van der Waals surface area contributed by atoms with Gasteiger partial charge in [0, 0.05) is 13.1 Å². The second-order valence-corrected chi connectivity index (χ2v) is 2.30. The second-order valence-electron chi connectivity index (χ2n) is 2.30. The molecule has 0 spiro atoms. The minimum atomic E-state index is 0.660. The van der Waals surface area contributed by atoms with Gasteiger partial charge < -0.3 is 10.6 Å². The lowest BCUT2D eigenvalue weighted by Gasteiger charge is -2.05. The number of hydrogen-bond acceptors (Lipinski definition) is 2. The minimum Gasteiger partial charge on any atom is -0.327 e. The SMILES string of the molecule is CN(C)CC/C=C\CN. The molecular weight excluding hydrogens is 112 g/mol. The van der Waals surface area contributed by atoms with E-state index in [2.05, 4.69) is 25.1 Å². The zero-order chi connectivity index (χ0) is 7.11. The summed E-state index contributed by atoms with van der Waals surface area (Å²) in [5.41, 5.74) is 5.24. The van der Waals surface area contributed by atoms with Gasteiger partial charge in [0.1, 0.15) is 0 Å². The van der Waals surface area contributed by atoms with Crippen molar-refractivity contribution in [3.05, 3.63) is 12.2 Å². The molecule has 0 rings (SSSR count). The van der Waals surface area contributed by atoms with E-state index in [1.54, 1.807) is 0 Å². The molecule has 0 saturated carbocycles. The zero-order valence-electron chi connectivity index (χ0n) is 6.30. The van der Waals surface area contributed by atoms with Crippen LogP contribution >= 0.6 is 0 Å². The van der Waals surface area contributed by atoms with Crippen LogP contribution in [0.15, 0.2) is 12.2 Å². The number of hydrogen-bond donors (Lipinski definition) is 1. The molecule has 0 saturated heterocycles. The Morgan fingerprint density at radius 1 is 1.33 bits per heavy atom. The summed E-state index contributed by atoms with van der Waals surface area (Å²) in [5.74, 6) is 0. The summed E-state index contributed by atoms with van der Waals surface area (Å²) >= 11 is 0. The molecule has 0 aliphatic rings. The summed E-state index contributed by atoms with van der Waals surface area (Å²) in [6.45, 7) is 1.77. The van der Waals surface area contributed by atoms with Crippen LogP contribution in [0.4, 0.5) is 0 Å². The van der Waals surface area contributed by atoms with Crippen LogP contribution < -0.4 is 5.73 Å². The molecular formula is C7H16N2. The van der Waals surface area contributed by atoms with Gasteiger partial charge in [-0.25, -0.2) is 0 Å². The minimum absolute atomic E-state index is 0.660. The first-order chi connectivity index (χ1) is 4.27. The molecule has 0 aromatic carbocycles. The maximum atomic E-state index is 5.24. The normalized spacial score (nSPS) is 11.6. The van der Waals surface area contributed by atoms with Crippen molar-refractivity contribution < 1.29 is 0 Å². The van der Waals surface area contributed by atoms with Gasteiger partial charge in [-0.05, 0) is 20.5 Å². The Morgan fingerprint density at radius 2 is 2.00 bits per heavy atom. The van der Waals surface area contributed by atoms with E-state index in [9.17, 15) is 0 Å². The first-order valence-electron chi connectivity index (χ1n) is 3.27. The van der Waals surface area contributed by atoms with Crippen molar-refractivity contribution in [1.82, 2.24) is 4.90 Å². The van der Waals surface area contributed by atoms with Gasteiger partial charge in [-0.1, -0.05) is 12.2 Å². The lowest BCUT2D eigenvalue weighted by molar-refractivity contribution is 0.417. The maximum Gasteiger partial charge on any atom is 0.0106 e. The van der Waals surface area contributed by atoms with Crippen molar-refractivity contribution in [2.24, 2.45) is 5.73 Å². The fraction of sp³-hybridized carbons (Fsp3) is 0.714. The molecule has 0 aliphatic heterocycles. The van der Waals surface area contributed by atoms with Crippen molar-refractivity contribution in [1.29, 1.82) is 0 Å². The van der Waals surface area contributed by atoms with E-state index in [-0.39, 0.29) is 0 Å². The molecule has 2 nitrogen and oxygen atoms in total. The Kier molecular flexibility index (Phi) is 5.57. The molecule has 54 valence electrons. The number of nitrogens with two attached hydrogens (primary N) is 1. The van der Waals surface area contributed by atoms with Crippen molar-refractivity contribution in [3.8, 4) is 0 Å². The van der Waals surface area contributed by atoms with Crippen LogP contribution in [-0.2, 0) is 0 Å². The fourth-order valence-electron chi connectivity index (χ4n) is 0.547. The summed E-state index contributed by atoms with van der Waals surface area (Å²) in [5, 5.41) is 0. The Balaban J connectivity index is 2.99. The molecule has 0 bridgehead atoms. The molecule has 9 heavy (non-hydrogen) atoms. The van der Waals surface area contributed by atoms with Gasteiger partial charge in [-0.15, -0.1) is 0 Å². The first-order valence-corrected chi connectivity index (χ1v) is 3.27. The van der Waals surface area contributed by atoms with E-state index in [4.69, 9.17) is 5.73 Å². The van der Waals surface area contributed by atoms with E-state index in [1.165, 1.54) is 0 Å². The predicted octanol–water partition coefficient (Wildman–Crippen LogP) is 0.453. The molecule has 0 radical (unpaired) electrons. The molecule has 0 aliphatic carbocycles. The average Bonchev–Trinajstić information content (AvgIpc) is 1.80. The summed E-state index contributed by atoms with van der Waals surface area (Å²) in [6, 6.07) is 0. The Morgan fingerprint density at radius 3 is 2.44 bits per heavy atom. The van der Waals surface area contributed by atoms with Gasteiger partial charge in [0.15, 0.2) is 0 Å². The molecule has 0 amide bonds. The Labute approximate surface area is 57.3 Å². The smallest absolute Gasteiger partial charge is 0.0106 e. The third-order valence-electron chi connectivity index (χ3n) is 1.05. The molecule has 0 unspecified atom stereocenters. The zero-order valence-corrected chi connectivity index (χ0v) is 6.30. The van der Waals surface area contributed by atoms with E-state index in [0.717, 1.165) is 13.0 Å². The average molecular weight is 128 g/mol. The van der Waals surface area contributed by atoms with Crippen molar-refractivity contribution in [3.63, 3.8) is 0 Å². The van der Waals surface area contributed by atoms with Gasteiger partial charge in [-0.2, -0.15) is 0 Å². The van der Waals surface area contributed by atoms with E-state index in [1.807, 2.05) is 6.08 Å². The van der Waals surface area contributed by atoms with Crippen LogP contribution in [0.2, 0.25) is 0 Å². The van der Waals surface area contributed by atoms with Crippen molar-refractivity contribution >= 4 is 0 Å². The van der Waals surface area contributed by atoms with E-state index < -0.39 is 0 Å². The Bertz CT molecular complexity index is 77.0. The lowest BCUT2D eigenvalue weighted by atomic mass is 10.3. The third kappa shape index (κ3) is 7.66. The predicted molar refractivity (Wildman–Crippen MR) is 41.4 cm³/mol. The standard InChI is InChI=1S/C7H16N2/c1-9(2)7-5-3-4-6-8/h3-4H,5-8H2,1-2H3/b4-3-. The quantitative estimate of drug-likeness (QED) is 0.557. The van der Waals surface area contributed by atoms with Crippen LogP contribution in [-0.4, -0.2) is 32.1 Å². The van der Waals surface area contributed by atoms with Crippen LogP contribution in [0.5, 0.6) is 0 Å². The molecule has 2 heteroatoms. The first kappa shape index (κ1) is 8.66. The monoisotopic (exact) mass is 128 g/mol. The summed E-state index contributed by atoms with van der Waals surface area (Å²) in [4.78, 5) is 2.15. The number of nitrogens with zero attached hydrogens (tertiary/aromatic N) is 1. The molecule has 0 aromatic rings. The van der Waals surface area contributed by atoms with E-state index >= 15 is 0 Å². The maximum absolute atomic E-state index is 5.24. The van der Waals surface area contributed by atoms with Gasteiger partial charge in [0.2, 0.25) is 0 Å². The largest absolute Gasteiger partial charge is 0.327 e. The van der Waals surface area contributed by atoms with Gasteiger partial charge >= 0.3 is 0 Å². The summed E-state index contributed by atoms with van der Waals surface area (Å²) in [6.07, 6.45) is 5.20. The summed E-state index contributed by atoms with van der Waals surface area (Å²) in [7, 11) is 4.13. The lowest BCUT2D eigenvalue weighted by Crippen LogP contribution is -2.11. The van der Waals surface area contributed by atoms with Crippen LogP contribution in [0.25, 0.3) is 0 Å². The van der Waals surface area contributed by atoms with Crippen molar-refractivity contribution in [2.75, 3.05) is 27.2 Å². The Hall–Kier alpha value is -0.340. The van der Waals surface area contributed by atoms with Crippen LogP contribution in [0.1, 0.15) is 6.42 Å². The van der Waals surface area contributed by atoms with E-state index in [0.29, 0.717) is 6.54 Å². The van der Waals surface area contributed by atoms with Crippen LogP contribution in [0.3, 0.4) is 0 Å². The molecule has 0 heterocycles.